The van der Waals surface area contributed by atoms with Crippen molar-refractivity contribution >= 4 is 40.5 Å². The summed E-state index contributed by atoms with van der Waals surface area (Å²) in [6, 6.07) is 3.46. The fraction of sp³-hybridized carbons (Fsp3) is 0.435. The van der Waals surface area contributed by atoms with Crippen LogP contribution < -0.4 is 33.2 Å². The molecule has 13 heteroatoms. The maximum absolute atomic E-state index is 13.0. The number of fused-ring (bicyclic) bond motifs is 1. The van der Waals surface area contributed by atoms with E-state index in [9.17, 15) is 29.1 Å². The Labute approximate surface area is 207 Å². The van der Waals surface area contributed by atoms with Gasteiger partial charge in [-0.05, 0) is 37.4 Å². The molecule has 0 radical (unpaired) electrons. The van der Waals surface area contributed by atoms with Gasteiger partial charge < -0.3 is 43.2 Å². The van der Waals surface area contributed by atoms with Crippen molar-refractivity contribution in [2.24, 2.45) is 17.2 Å². The molecule has 1 aromatic carbocycles. The van der Waals surface area contributed by atoms with Gasteiger partial charge in [-0.1, -0.05) is 18.2 Å². The fourth-order valence-electron chi connectivity index (χ4n) is 3.69. The highest BCUT2D eigenvalue weighted by Crippen LogP contribution is 2.19. The SMILES string of the molecule is NCCCCC(NC(=O)CN)C(=O)NC(CC(N)=O)C(=O)NC(Cc1c[nH]c2ccccc12)C(=O)O. The van der Waals surface area contributed by atoms with Crippen molar-refractivity contribution in [3.63, 3.8) is 0 Å². The standard InChI is InChI=1S/C23H33N7O6/c24-8-4-3-7-16(28-20(32)11-25)21(33)29-17(10-19(26)31)22(34)30-18(23(35)36)9-13-12-27-15-6-2-1-5-14(13)15/h1-2,5-6,12,16-18,27H,3-4,7-11,24-25H2,(H2,26,31)(H,28,32)(H,29,33)(H,30,34)(H,35,36). The Kier molecular flexibility index (Phi) is 10.8. The predicted molar refractivity (Wildman–Crippen MR) is 131 cm³/mol. The number of carboxylic acid groups (broad SMARTS) is 1. The summed E-state index contributed by atoms with van der Waals surface area (Å²) in [5.41, 5.74) is 17.5. The molecule has 1 aromatic heterocycles. The van der Waals surface area contributed by atoms with E-state index in [2.05, 4.69) is 20.9 Å². The smallest absolute Gasteiger partial charge is 0.326 e. The number of primary amides is 1. The van der Waals surface area contributed by atoms with Crippen LogP contribution >= 0.6 is 0 Å². The van der Waals surface area contributed by atoms with Crippen LogP contribution in [0.5, 0.6) is 0 Å². The maximum atomic E-state index is 13.0. The van der Waals surface area contributed by atoms with E-state index in [1.807, 2.05) is 18.2 Å². The number of H-pyrrole nitrogens is 1. The Morgan fingerprint density at radius 2 is 1.58 bits per heavy atom. The molecule has 11 N–H and O–H groups in total. The van der Waals surface area contributed by atoms with Gasteiger partial charge in [-0.2, -0.15) is 0 Å². The van der Waals surface area contributed by atoms with Gasteiger partial charge in [-0.15, -0.1) is 0 Å². The summed E-state index contributed by atoms with van der Waals surface area (Å²) in [7, 11) is 0. The van der Waals surface area contributed by atoms with Crippen molar-refractivity contribution < 1.29 is 29.1 Å². The minimum Gasteiger partial charge on any atom is -0.480 e. The summed E-state index contributed by atoms with van der Waals surface area (Å²) >= 11 is 0. The van der Waals surface area contributed by atoms with E-state index in [0.717, 1.165) is 10.9 Å². The van der Waals surface area contributed by atoms with Crippen molar-refractivity contribution in [2.75, 3.05) is 13.1 Å². The molecule has 0 aliphatic rings. The number of hydrogen-bond donors (Lipinski definition) is 8. The van der Waals surface area contributed by atoms with E-state index >= 15 is 0 Å². The summed E-state index contributed by atoms with van der Waals surface area (Å²) in [6.07, 6.45) is 2.37. The van der Waals surface area contributed by atoms with E-state index < -0.39 is 54.1 Å². The third-order valence-electron chi connectivity index (χ3n) is 5.54. The van der Waals surface area contributed by atoms with E-state index in [1.54, 1.807) is 12.3 Å². The average molecular weight is 504 g/mol. The van der Waals surface area contributed by atoms with Crippen LogP contribution in [0, 0.1) is 0 Å². The lowest BCUT2D eigenvalue weighted by molar-refractivity contribution is -0.142. The van der Waals surface area contributed by atoms with Crippen molar-refractivity contribution in [3.05, 3.63) is 36.0 Å². The summed E-state index contributed by atoms with van der Waals surface area (Å²) < 4.78 is 0. The minimum atomic E-state index is -1.45. The number of unbranched alkanes of at least 4 members (excludes halogenated alkanes) is 1. The number of carbonyl (C=O) groups is 5. The highest BCUT2D eigenvalue weighted by molar-refractivity contribution is 5.96. The molecule has 4 amide bonds. The zero-order chi connectivity index (χ0) is 26.7. The number of para-hydroxylation sites is 1. The molecule has 13 nitrogen and oxygen atoms in total. The molecular weight excluding hydrogens is 470 g/mol. The van der Waals surface area contributed by atoms with Crippen molar-refractivity contribution in [3.8, 4) is 0 Å². The molecule has 0 aliphatic heterocycles. The Hall–Kier alpha value is -3.97. The van der Waals surface area contributed by atoms with Crippen molar-refractivity contribution in [1.82, 2.24) is 20.9 Å². The molecule has 36 heavy (non-hydrogen) atoms. The summed E-state index contributed by atoms with van der Waals surface area (Å²) in [5.74, 6) is -4.40. The second kappa shape index (κ2) is 13.8. The maximum Gasteiger partial charge on any atom is 0.326 e. The zero-order valence-corrected chi connectivity index (χ0v) is 19.8. The molecule has 2 rings (SSSR count). The Balaban J connectivity index is 2.16. The first-order valence-electron chi connectivity index (χ1n) is 11.5. The van der Waals surface area contributed by atoms with Gasteiger partial charge in [0.2, 0.25) is 23.6 Å². The van der Waals surface area contributed by atoms with Crippen LogP contribution in [0.1, 0.15) is 31.2 Å². The molecule has 1 heterocycles. The number of rotatable bonds is 15. The topological polar surface area (TPSA) is 236 Å². The first-order valence-corrected chi connectivity index (χ1v) is 11.5. The normalized spacial score (nSPS) is 13.4. The van der Waals surface area contributed by atoms with E-state index in [-0.39, 0.29) is 19.4 Å². The molecule has 3 unspecified atom stereocenters. The molecule has 2 aromatic rings. The van der Waals surface area contributed by atoms with E-state index in [1.165, 1.54) is 0 Å². The Bertz CT molecular complexity index is 1090. The lowest BCUT2D eigenvalue weighted by Gasteiger charge is -2.24. The van der Waals surface area contributed by atoms with Gasteiger partial charge in [-0.3, -0.25) is 19.2 Å². The number of aliphatic carboxylic acids is 1. The molecule has 0 saturated carbocycles. The molecule has 3 atom stereocenters. The molecular formula is C23H33N7O6. The third kappa shape index (κ3) is 8.36. The molecule has 0 fully saturated rings. The van der Waals surface area contributed by atoms with Crippen LogP contribution in [0.25, 0.3) is 10.9 Å². The Morgan fingerprint density at radius 1 is 0.917 bits per heavy atom. The first-order chi connectivity index (χ1) is 17.2. The number of nitrogens with two attached hydrogens (primary N) is 3. The van der Waals surface area contributed by atoms with Gasteiger partial charge in [0.05, 0.1) is 13.0 Å². The largest absolute Gasteiger partial charge is 0.480 e. The number of aromatic nitrogens is 1. The van der Waals surface area contributed by atoms with Crippen LogP contribution in [0.3, 0.4) is 0 Å². The van der Waals surface area contributed by atoms with Crippen LogP contribution in [-0.4, -0.2) is 70.9 Å². The number of benzene rings is 1. The van der Waals surface area contributed by atoms with Gasteiger partial charge in [0, 0.05) is 23.5 Å². The average Bonchev–Trinajstić information content (AvgIpc) is 3.24. The van der Waals surface area contributed by atoms with Crippen LogP contribution in [-0.2, 0) is 30.4 Å². The molecule has 0 saturated heterocycles. The predicted octanol–water partition coefficient (Wildman–Crippen LogP) is -1.79. The third-order valence-corrected chi connectivity index (χ3v) is 5.54. The monoisotopic (exact) mass is 503 g/mol. The van der Waals surface area contributed by atoms with Crippen LogP contribution in [0.2, 0.25) is 0 Å². The van der Waals surface area contributed by atoms with Crippen LogP contribution in [0.4, 0.5) is 0 Å². The summed E-state index contributed by atoms with van der Waals surface area (Å²) in [6.45, 7) is 0.0406. The summed E-state index contributed by atoms with van der Waals surface area (Å²) in [4.78, 5) is 64.1. The highest BCUT2D eigenvalue weighted by atomic mass is 16.4. The van der Waals surface area contributed by atoms with Gasteiger partial charge >= 0.3 is 5.97 Å². The molecule has 0 spiro atoms. The van der Waals surface area contributed by atoms with Gasteiger partial charge in [0.1, 0.15) is 18.1 Å². The fourth-order valence-corrected chi connectivity index (χ4v) is 3.69. The molecule has 0 bridgehead atoms. The van der Waals surface area contributed by atoms with E-state index in [4.69, 9.17) is 17.2 Å². The number of carboxylic acids is 1. The van der Waals surface area contributed by atoms with Gasteiger partial charge in [0.15, 0.2) is 0 Å². The summed E-state index contributed by atoms with van der Waals surface area (Å²) in [5, 5.41) is 17.7. The lowest BCUT2D eigenvalue weighted by atomic mass is 10.0. The van der Waals surface area contributed by atoms with E-state index in [0.29, 0.717) is 24.9 Å². The quantitative estimate of drug-likeness (QED) is 0.129. The number of amides is 4. The molecule has 196 valence electrons. The highest BCUT2D eigenvalue weighted by Gasteiger charge is 2.30. The number of aromatic amines is 1. The van der Waals surface area contributed by atoms with Crippen molar-refractivity contribution in [2.45, 2.75) is 50.2 Å². The minimum absolute atomic E-state index is 0.0450. The second-order valence-corrected chi connectivity index (χ2v) is 8.30. The lowest BCUT2D eigenvalue weighted by Crippen LogP contribution is -2.57. The van der Waals surface area contributed by atoms with Gasteiger partial charge in [0.25, 0.3) is 0 Å². The van der Waals surface area contributed by atoms with Crippen molar-refractivity contribution in [1.29, 1.82) is 0 Å². The number of carbonyl (C=O) groups excluding carboxylic acids is 4. The number of nitrogens with one attached hydrogen (secondary N) is 4. The first kappa shape index (κ1) is 28.3. The van der Waals surface area contributed by atoms with Gasteiger partial charge in [-0.25, -0.2) is 4.79 Å². The van der Waals surface area contributed by atoms with Crippen LogP contribution in [0.15, 0.2) is 30.5 Å². The Morgan fingerprint density at radius 3 is 2.22 bits per heavy atom. The zero-order valence-electron chi connectivity index (χ0n) is 19.8. The second-order valence-electron chi connectivity index (χ2n) is 8.30. The number of hydrogen-bond acceptors (Lipinski definition) is 7. The molecule has 0 aliphatic carbocycles.